The van der Waals surface area contributed by atoms with Gasteiger partial charge in [-0.05, 0) is 30.4 Å². The zero-order valence-corrected chi connectivity index (χ0v) is 6.83. The molecule has 0 heterocycles. The maximum Gasteiger partial charge on any atom is 0.126 e. The van der Waals surface area contributed by atoms with E-state index in [2.05, 4.69) is 0 Å². The summed E-state index contributed by atoms with van der Waals surface area (Å²) in [6.45, 7) is 0. The molecule has 0 unspecified atom stereocenters. The summed E-state index contributed by atoms with van der Waals surface area (Å²) in [5, 5.41) is 0. The van der Waals surface area contributed by atoms with E-state index in [1.165, 1.54) is 6.07 Å². The second kappa shape index (κ2) is 2.87. The number of hydrogen-bond acceptors (Lipinski definition) is 1. The average Bonchev–Trinajstić information content (AvgIpc) is 2.01. The Kier molecular flexibility index (Phi) is 1.85. The number of nitrogens with two attached hydrogens (primary N) is 1. The van der Waals surface area contributed by atoms with Crippen LogP contribution in [0.15, 0.2) is 24.3 Å². The predicted octanol–water partition coefficient (Wildman–Crippen LogP) is 2.03. The molecule has 1 fully saturated rings. The summed E-state index contributed by atoms with van der Waals surface area (Å²) >= 11 is 0. The first-order valence-corrected chi connectivity index (χ1v) is 4.27. The molecule has 1 aromatic rings. The molecule has 0 amide bonds. The van der Waals surface area contributed by atoms with Gasteiger partial charge in [-0.15, -0.1) is 0 Å². The van der Waals surface area contributed by atoms with Crippen LogP contribution >= 0.6 is 0 Å². The third-order valence-electron chi connectivity index (χ3n) is 2.52. The summed E-state index contributed by atoms with van der Waals surface area (Å²) in [6, 6.07) is 7.25. The molecule has 0 radical (unpaired) electrons. The summed E-state index contributed by atoms with van der Waals surface area (Å²) in [6.07, 6.45) is 1.86. The summed E-state index contributed by atoms with van der Waals surface area (Å²) in [5.41, 5.74) is 6.47. The first-order chi connectivity index (χ1) is 5.77. The van der Waals surface area contributed by atoms with Gasteiger partial charge in [0.1, 0.15) is 5.82 Å². The molecule has 12 heavy (non-hydrogen) atoms. The monoisotopic (exact) mass is 165 g/mol. The van der Waals surface area contributed by atoms with Crippen LogP contribution in [0.25, 0.3) is 0 Å². The van der Waals surface area contributed by atoms with Gasteiger partial charge in [-0.3, -0.25) is 0 Å². The molecule has 0 aliphatic heterocycles. The standard InChI is InChI=1S/C10H12FN/c11-10-4-2-1-3-9(10)7-5-8(12)6-7/h1-4,7-8H,5-6,12H2. The Labute approximate surface area is 71.4 Å². The lowest BCUT2D eigenvalue weighted by Gasteiger charge is -2.32. The van der Waals surface area contributed by atoms with Crippen LogP contribution in [-0.4, -0.2) is 6.04 Å². The first-order valence-electron chi connectivity index (χ1n) is 4.27. The molecule has 2 N–H and O–H groups in total. The Morgan fingerprint density at radius 2 is 1.92 bits per heavy atom. The van der Waals surface area contributed by atoms with E-state index in [1.807, 2.05) is 12.1 Å². The highest BCUT2D eigenvalue weighted by atomic mass is 19.1. The number of hydrogen-bond donors (Lipinski definition) is 1. The van der Waals surface area contributed by atoms with Gasteiger partial charge < -0.3 is 5.73 Å². The van der Waals surface area contributed by atoms with E-state index in [1.54, 1.807) is 6.07 Å². The highest BCUT2D eigenvalue weighted by Crippen LogP contribution is 2.36. The lowest BCUT2D eigenvalue weighted by Crippen LogP contribution is -2.35. The first kappa shape index (κ1) is 7.74. The van der Waals surface area contributed by atoms with E-state index < -0.39 is 0 Å². The second-order valence-electron chi connectivity index (χ2n) is 3.45. The van der Waals surface area contributed by atoms with Crippen LogP contribution in [0.1, 0.15) is 24.3 Å². The SMILES string of the molecule is NC1CC(c2ccccc2F)C1. The molecule has 1 saturated carbocycles. The maximum atomic E-state index is 13.1. The highest BCUT2D eigenvalue weighted by Gasteiger charge is 2.28. The van der Waals surface area contributed by atoms with Gasteiger partial charge in [0, 0.05) is 6.04 Å². The molecule has 1 aliphatic rings. The van der Waals surface area contributed by atoms with Crippen molar-refractivity contribution in [3.63, 3.8) is 0 Å². The molecule has 0 spiro atoms. The van der Waals surface area contributed by atoms with Crippen molar-refractivity contribution < 1.29 is 4.39 Å². The molecule has 1 aliphatic carbocycles. The van der Waals surface area contributed by atoms with E-state index in [4.69, 9.17) is 5.73 Å². The Morgan fingerprint density at radius 1 is 1.25 bits per heavy atom. The molecule has 0 aromatic heterocycles. The fourth-order valence-corrected chi connectivity index (χ4v) is 1.72. The van der Waals surface area contributed by atoms with Crippen LogP contribution in [-0.2, 0) is 0 Å². The van der Waals surface area contributed by atoms with Gasteiger partial charge in [-0.25, -0.2) is 4.39 Å². The molecule has 1 nitrogen and oxygen atoms in total. The van der Waals surface area contributed by atoms with Gasteiger partial charge in [0.2, 0.25) is 0 Å². The molecule has 0 bridgehead atoms. The molecule has 1 aromatic carbocycles. The second-order valence-corrected chi connectivity index (χ2v) is 3.45. The van der Waals surface area contributed by atoms with Crippen molar-refractivity contribution in [1.29, 1.82) is 0 Å². The van der Waals surface area contributed by atoms with Crippen LogP contribution in [0, 0.1) is 5.82 Å². The quantitative estimate of drug-likeness (QED) is 0.677. The minimum atomic E-state index is -0.0885. The number of rotatable bonds is 1. The molecule has 0 atom stereocenters. The van der Waals surface area contributed by atoms with Crippen molar-refractivity contribution in [1.82, 2.24) is 0 Å². The van der Waals surface area contributed by atoms with Crippen LogP contribution in [0.4, 0.5) is 4.39 Å². The Balaban J connectivity index is 2.18. The molecule has 2 rings (SSSR count). The van der Waals surface area contributed by atoms with Gasteiger partial charge >= 0.3 is 0 Å². The molecule has 0 saturated heterocycles. The van der Waals surface area contributed by atoms with Crippen molar-refractivity contribution in [2.75, 3.05) is 0 Å². The fourth-order valence-electron chi connectivity index (χ4n) is 1.72. The summed E-state index contributed by atoms with van der Waals surface area (Å²) < 4.78 is 13.1. The zero-order chi connectivity index (χ0) is 8.55. The topological polar surface area (TPSA) is 26.0 Å². The van der Waals surface area contributed by atoms with E-state index in [0.717, 1.165) is 18.4 Å². The maximum absolute atomic E-state index is 13.1. The fraction of sp³-hybridized carbons (Fsp3) is 0.400. The lowest BCUT2D eigenvalue weighted by molar-refractivity contribution is 0.342. The van der Waals surface area contributed by atoms with Gasteiger partial charge in [-0.2, -0.15) is 0 Å². The molecule has 2 heteroatoms. The minimum absolute atomic E-state index is 0.0885. The van der Waals surface area contributed by atoms with Crippen LogP contribution in [0.2, 0.25) is 0 Å². The van der Waals surface area contributed by atoms with E-state index in [9.17, 15) is 4.39 Å². The van der Waals surface area contributed by atoms with Gasteiger partial charge in [0.15, 0.2) is 0 Å². The minimum Gasteiger partial charge on any atom is -0.328 e. The van der Waals surface area contributed by atoms with E-state index in [0.29, 0.717) is 5.92 Å². The van der Waals surface area contributed by atoms with Gasteiger partial charge in [0.25, 0.3) is 0 Å². The number of halogens is 1. The van der Waals surface area contributed by atoms with Crippen LogP contribution in [0.3, 0.4) is 0 Å². The Morgan fingerprint density at radius 3 is 2.50 bits per heavy atom. The summed E-state index contributed by atoms with van der Waals surface area (Å²) in [5.74, 6) is 0.274. The van der Waals surface area contributed by atoms with Crippen LogP contribution in [0.5, 0.6) is 0 Å². The van der Waals surface area contributed by atoms with Gasteiger partial charge in [-0.1, -0.05) is 18.2 Å². The number of benzene rings is 1. The Bertz CT molecular complexity index is 279. The van der Waals surface area contributed by atoms with E-state index in [-0.39, 0.29) is 11.9 Å². The summed E-state index contributed by atoms with van der Waals surface area (Å²) in [7, 11) is 0. The third-order valence-corrected chi connectivity index (χ3v) is 2.52. The van der Waals surface area contributed by atoms with Crippen molar-refractivity contribution in [2.45, 2.75) is 24.8 Å². The van der Waals surface area contributed by atoms with Crippen molar-refractivity contribution in [3.8, 4) is 0 Å². The third kappa shape index (κ3) is 1.23. The highest BCUT2D eigenvalue weighted by molar-refractivity contribution is 5.24. The van der Waals surface area contributed by atoms with Crippen molar-refractivity contribution in [2.24, 2.45) is 5.73 Å². The van der Waals surface area contributed by atoms with Gasteiger partial charge in [0.05, 0.1) is 0 Å². The summed E-state index contributed by atoms with van der Waals surface area (Å²) in [4.78, 5) is 0. The Hall–Kier alpha value is -0.890. The largest absolute Gasteiger partial charge is 0.328 e. The molecule has 64 valence electrons. The lowest BCUT2D eigenvalue weighted by atomic mass is 9.76. The normalized spacial score (nSPS) is 28.2. The van der Waals surface area contributed by atoms with Crippen molar-refractivity contribution in [3.05, 3.63) is 35.6 Å². The smallest absolute Gasteiger partial charge is 0.126 e. The van der Waals surface area contributed by atoms with Crippen LogP contribution < -0.4 is 5.73 Å². The zero-order valence-electron chi connectivity index (χ0n) is 6.83. The van der Waals surface area contributed by atoms with E-state index >= 15 is 0 Å². The molecular formula is C10H12FN. The molecular weight excluding hydrogens is 153 g/mol. The average molecular weight is 165 g/mol. The van der Waals surface area contributed by atoms with Crippen molar-refractivity contribution >= 4 is 0 Å². The predicted molar refractivity (Wildman–Crippen MR) is 46.4 cm³/mol.